The van der Waals surface area contributed by atoms with E-state index < -0.39 is 116 Å². The number of benzene rings is 7. The van der Waals surface area contributed by atoms with Gasteiger partial charge in [0.2, 0.25) is 0 Å². The van der Waals surface area contributed by atoms with Gasteiger partial charge in [0.25, 0.3) is 0 Å². The molecule has 0 radical (unpaired) electrons. The average Bonchev–Trinajstić information content (AvgIpc) is 3.50. The molecule has 9 rings (SSSR count). The minimum absolute atomic E-state index is 0.000933. The molecular formula is C61H50O18. The fourth-order valence-corrected chi connectivity index (χ4v) is 8.59. The third kappa shape index (κ3) is 13.8. The normalized spacial score (nSPS) is 22.4. The zero-order valence-corrected chi connectivity index (χ0v) is 41.8. The molecule has 0 bridgehead atoms. The summed E-state index contributed by atoms with van der Waals surface area (Å²) in [5, 5.41) is 12.0. The summed E-state index contributed by atoms with van der Waals surface area (Å²) >= 11 is 0. The van der Waals surface area contributed by atoms with Crippen molar-refractivity contribution < 1.29 is 86.0 Å². The molecule has 5 unspecified atom stereocenters. The Hall–Kier alpha value is -9.33. The zero-order chi connectivity index (χ0) is 55.1. The molecule has 2 aliphatic rings. The summed E-state index contributed by atoms with van der Waals surface area (Å²) in [6.07, 6.45) is -19.1. The van der Waals surface area contributed by atoms with Gasteiger partial charge in [-0.25, -0.2) is 33.6 Å². The number of carbonyl (C=O) groups excluding carboxylic acids is 7. The number of ether oxygens (including phenoxy) is 10. The summed E-state index contributed by atoms with van der Waals surface area (Å²) in [4.78, 5) is 98.6. The van der Waals surface area contributed by atoms with E-state index in [1.54, 1.807) is 127 Å². The second-order valence-electron chi connectivity index (χ2n) is 17.8. The lowest BCUT2D eigenvalue weighted by atomic mass is 9.95. The van der Waals surface area contributed by atoms with E-state index in [-0.39, 0.29) is 38.9 Å². The molecule has 0 saturated carbocycles. The van der Waals surface area contributed by atoms with Crippen molar-refractivity contribution in [3.63, 3.8) is 0 Å². The number of aliphatic hydroxyl groups excluding tert-OH is 1. The van der Waals surface area contributed by atoms with E-state index in [1.807, 2.05) is 0 Å². The molecule has 18 heteroatoms. The number of rotatable bonds is 18. The molecule has 2 fully saturated rings. The number of aliphatic hydroxyl groups is 1. The molecule has 0 aromatic heterocycles. The van der Waals surface area contributed by atoms with Crippen LogP contribution in [0.25, 0.3) is 0 Å². The third-order valence-corrected chi connectivity index (χ3v) is 12.5. The lowest BCUT2D eigenvalue weighted by Gasteiger charge is -2.48. The van der Waals surface area contributed by atoms with Gasteiger partial charge in [0, 0.05) is 0 Å². The molecule has 79 heavy (non-hydrogen) atoms. The van der Waals surface area contributed by atoms with Gasteiger partial charge in [0.05, 0.1) is 38.9 Å². The van der Waals surface area contributed by atoms with Gasteiger partial charge in [-0.2, -0.15) is 0 Å². The molecule has 2 heterocycles. The number of hydrogen-bond donors (Lipinski definition) is 1. The summed E-state index contributed by atoms with van der Waals surface area (Å²) in [6.45, 7) is -1.48. The lowest BCUT2D eigenvalue weighted by Crippen LogP contribution is -2.67. The van der Waals surface area contributed by atoms with Gasteiger partial charge < -0.3 is 52.5 Å². The molecule has 7 aromatic rings. The van der Waals surface area contributed by atoms with Crippen LogP contribution < -0.4 is 0 Å². The van der Waals surface area contributed by atoms with Crippen LogP contribution in [-0.4, -0.2) is 122 Å². The van der Waals surface area contributed by atoms with Crippen molar-refractivity contribution in [2.45, 2.75) is 61.4 Å². The number of esters is 7. The van der Waals surface area contributed by atoms with E-state index in [9.17, 15) is 38.7 Å². The van der Waals surface area contributed by atoms with Gasteiger partial charge in [-0.05, 0) is 84.9 Å². The second-order valence-corrected chi connectivity index (χ2v) is 17.8. The Morgan fingerprint density at radius 1 is 0.304 bits per heavy atom. The minimum Gasteiger partial charge on any atom is -0.459 e. The van der Waals surface area contributed by atoms with Crippen LogP contribution in [0.15, 0.2) is 212 Å². The van der Waals surface area contributed by atoms with Gasteiger partial charge in [-0.3, -0.25) is 0 Å². The fraction of sp³-hybridized carbons (Fsp3) is 0.197. The zero-order valence-electron chi connectivity index (χ0n) is 41.8. The van der Waals surface area contributed by atoms with Crippen molar-refractivity contribution in [1.29, 1.82) is 0 Å². The first-order valence-corrected chi connectivity index (χ1v) is 24.9. The topological polar surface area (TPSA) is 232 Å². The van der Waals surface area contributed by atoms with Crippen molar-refractivity contribution in [1.82, 2.24) is 0 Å². The average molecular weight is 1070 g/mol. The number of carbonyl (C=O) groups is 7. The van der Waals surface area contributed by atoms with E-state index >= 15 is 0 Å². The van der Waals surface area contributed by atoms with E-state index in [1.165, 1.54) is 84.9 Å². The van der Waals surface area contributed by atoms with Crippen LogP contribution >= 0.6 is 0 Å². The van der Waals surface area contributed by atoms with Crippen molar-refractivity contribution in [3.8, 4) is 0 Å². The van der Waals surface area contributed by atoms with Gasteiger partial charge in [0.1, 0.15) is 31.5 Å². The maximum Gasteiger partial charge on any atom is 0.338 e. The van der Waals surface area contributed by atoms with Crippen molar-refractivity contribution in [2.75, 3.05) is 13.2 Å². The van der Waals surface area contributed by atoms with Crippen molar-refractivity contribution in [3.05, 3.63) is 251 Å². The van der Waals surface area contributed by atoms with Crippen LogP contribution in [0, 0.1) is 0 Å². The Balaban J connectivity index is 1.18. The van der Waals surface area contributed by atoms with Crippen LogP contribution in [0.3, 0.4) is 0 Å². The fourth-order valence-electron chi connectivity index (χ4n) is 8.59. The minimum atomic E-state index is -2.16. The SMILES string of the molecule is O=C(OCC1OC(O)C(OC(=O)c2ccccc2)[C@@H](O[C@@H]2OC(COC(=O)c3ccccc3)[C@@H](OC(=O)c3ccccc3)[C@H](OC(=O)c3ccccc3)C2OC(=O)c2ccccc2)[C@@H]1OC(=O)c1ccccc1)c1ccccc1. The van der Waals surface area contributed by atoms with E-state index in [0.717, 1.165) is 0 Å². The Morgan fingerprint density at radius 3 is 0.886 bits per heavy atom. The molecule has 10 atom stereocenters. The highest BCUT2D eigenvalue weighted by Crippen LogP contribution is 2.37. The standard InChI is InChI=1S/C61H50O18/c62-53(38-22-8-1-9-23-38)70-36-45-47(74-55(64)40-26-12-3-13-27-40)49(51(60(69)72-45)77-58(67)43-32-18-6-19-33-43)79-61-52(78-59(68)44-34-20-7-21-35-44)50(76-57(66)42-30-16-5-17-31-42)48(75-56(65)41-28-14-4-15-29-41)46(73-61)37-71-54(63)39-24-10-2-11-25-39/h1-35,45-52,60-61,69H,36-37H2/t45?,46?,47-,48-,49+,50+,51?,52?,60?,61+/m1/s1. The quantitative estimate of drug-likeness (QED) is 0.0642. The van der Waals surface area contributed by atoms with Gasteiger partial charge in [-0.1, -0.05) is 127 Å². The van der Waals surface area contributed by atoms with Gasteiger partial charge >= 0.3 is 41.8 Å². The van der Waals surface area contributed by atoms with Gasteiger partial charge in [-0.15, -0.1) is 0 Å². The van der Waals surface area contributed by atoms with Crippen LogP contribution in [0.1, 0.15) is 72.5 Å². The first kappa shape index (κ1) is 54.5. The maximum atomic E-state index is 14.5. The van der Waals surface area contributed by atoms with Crippen LogP contribution in [0.4, 0.5) is 0 Å². The summed E-state index contributed by atoms with van der Waals surface area (Å²) in [6, 6.07) is 54.1. The molecule has 7 aromatic carbocycles. The maximum absolute atomic E-state index is 14.5. The largest absolute Gasteiger partial charge is 0.459 e. The molecule has 2 aliphatic heterocycles. The summed E-state index contributed by atoms with van der Waals surface area (Å²) in [5.41, 5.74) is 0.295. The highest BCUT2D eigenvalue weighted by molar-refractivity contribution is 5.93. The number of hydrogen-bond acceptors (Lipinski definition) is 18. The third-order valence-electron chi connectivity index (χ3n) is 12.5. The molecule has 402 valence electrons. The Bertz CT molecular complexity index is 3170. The first-order valence-electron chi connectivity index (χ1n) is 24.9. The Kier molecular flexibility index (Phi) is 18.0. The van der Waals surface area contributed by atoms with E-state index in [0.29, 0.717) is 0 Å². The monoisotopic (exact) mass is 1070 g/mol. The predicted molar refractivity (Wildman–Crippen MR) is 276 cm³/mol. The molecular weight excluding hydrogens is 1020 g/mol. The molecule has 0 spiro atoms. The lowest BCUT2D eigenvalue weighted by molar-refractivity contribution is -0.352. The molecule has 1 N–H and O–H groups in total. The molecule has 2 saturated heterocycles. The first-order chi connectivity index (χ1) is 38.5. The Labute approximate surface area is 452 Å². The Morgan fingerprint density at radius 2 is 0.557 bits per heavy atom. The van der Waals surface area contributed by atoms with E-state index in [4.69, 9.17) is 47.4 Å². The summed E-state index contributed by atoms with van der Waals surface area (Å²) in [5.74, 6) is -6.72. The van der Waals surface area contributed by atoms with Crippen LogP contribution in [0.2, 0.25) is 0 Å². The molecule has 18 nitrogen and oxygen atoms in total. The smallest absolute Gasteiger partial charge is 0.338 e. The van der Waals surface area contributed by atoms with Gasteiger partial charge in [0.15, 0.2) is 43.1 Å². The predicted octanol–water partition coefficient (Wildman–Crippen LogP) is 7.66. The summed E-state index contributed by atoms with van der Waals surface area (Å²) < 4.78 is 61.9. The molecule has 0 aliphatic carbocycles. The van der Waals surface area contributed by atoms with Crippen molar-refractivity contribution in [2.24, 2.45) is 0 Å². The highest BCUT2D eigenvalue weighted by Gasteiger charge is 2.58. The van der Waals surface area contributed by atoms with Crippen molar-refractivity contribution >= 4 is 41.8 Å². The van der Waals surface area contributed by atoms with Crippen LogP contribution in [0.5, 0.6) is 0 Å². The van der Waals surface area contributed by atoms with Crippen LogP contribution in [-0.2, 0) is 47.4 Å². The van der Waals surface area contributed by atoms with E-state index in [2.05, 4.69) is 0 Å². The summed E-state index contributed by atoms with van der Waals surface area (Å²) in [7, 11) is 0. The molecule has 0 amide bonds. The second kappa shape index (κ2) is 26.1. The highest BCUT2D eigenvalue weighted by atomic mass is 16.8.